The average molecular weight is 405 g/mol. The molecule has 0 saturated heterocycles. The Hall–Kier alpha value is -2.54. The van der Waals surface area contributed by atoms with Gasteiger partial charge in [-0.3, -0.25) is 9.10 Å². The van der Waals surface area contributed by atoms with Crippen LogP contribution in [0.5, 0.6) is 5.75 Å². The molecule has 7 heteroatoms. The number of sulfonamides is 1. The number of benzene rings is 2. The van der Waals surface area contributed by atoms with Crippen LogP contribution < -0.4 is 14.4 Å². The van der Waals surface area contributed by atoms with Crippen LogP contribution in [0.25, 0.3) is 0 Å². The number of nitrogens with one attached hydrogen (secondary N) is 1. The van der Waals surface area contributed by atoms with Gasteiger partial charge in [0.25, 0.3) is 0 Å². The SMILES string of the molecule is Cc1cccc(N([C@H](C)C(=O)N[C@@H](C)COc2ccccc2C)S(C)(=O)=O)c1. The summed E-state index contributed by atoms with van der Waals surface area (Å²) in [5, 5.41) is 2.84. The van der Waals surface area contributed by atoms with E-state index in [0.29, 0.717) is 5.69 Å². The van der Waals surface area contributed by atoms with Gasteiger partial charge in [0.05, 0.1) is 18.0 Å². The fraction of sp³-hybridized carbons (Fsp3) is 0.381. The normalized spacial score (nSPS) is 13.5. The fourth-order valence-corrected chi connectivity index (χ4v) is 4.08. The number of rotatable bonds is 8. The largest absolute Gasteiger partial charge is 0.491 e. The number of anilines is 1. The summed E-state index contributed by atoms with van der Waals surface area (Å²) in [6.45, 7) is 7.51. The average Bonchev–Trinajstić information content (AvgIpc) is 2.60. The first-order valence-corrected chi connectivity index (χ1v) is 11.0. The van der Waals surface area contributed by atoms with Crippen molar-refractivity contribution < 1.29 is 17.9 Å². The van der Waals surface area contributed by atoms with Crippen LogP contribution in [0.2, 0.25) is 0 Å². The highest BCUT2D eigenvalue weighted by atomic mass is 32.2. The predicted molar refractivity (Wildman–Crippen MR) is 112 cm³/mol. The maximum absolute atomic E-state index is 12.7. The highest BCUT2D eigenvalue weighted by Gasteiger charge is 2.29. The van der Waals surface area contributed by atoms with Crippen molar-refractivity contribution >= 4 is 21.6 Å². The molecule has 0 bridgehead atoms. The van der Waals surface area contributed by atoms with Gasteiger partial charge >= 0.3 is 0 Å². The Balaban J connectivity index is 2.07. The molecule has 0 unspecified atom stereocenters. The van der Waals surface area contributed by atoms with Gasteiger partial charge in [0.2, 0.25) is 15.9 Å². The first kappa shape index (κ1) is 21.8. The number of hydrogen-bond acceptors (Lipinski definition) is 4. The first-order chi connectivity index (χ1) is 13.1. The third-order valence-corrected chi connectivity index (χ3v) is 5.56. The topological polar surface area (TPSA) is 75.7 Å². The Morgan fingerprint density at radius 1 is 1.11 bits per heavy atom. The van der Waals surface area contributed by atoms with E-state index in [1.54, 1.807) is 25.1 Å². The van der Waals surface area contributed by atoms with Gasteiger partial charge in [-0.15, -0.1) is 0 Å². The van der Waals surface area contributed by atoms with E-state index >= 15 is 0 Å². The van der Waals surface area contributed by atoms with Crippen LogP contribution in [0.3, 0.4) is 0 Å². The third-order valence-electron chi connectivity index (χ3n) is 4.32. The molecule has 0 spiro atoms. The summed E-state index contributed by atoms with van der Waals surface area (Å²) >= 11 is 0. The maximum atomic E-state index is 12.7. The second kappa shape index (κ2) is 9.10. The predicted octanol–water partition coefficient (Wildman–Crippen LogP) is 3.04. The Bertz CT molecular complexity index is 928. The third kappa shape index (κ3) is 5.73. The van der Waals surface area contributed by atoms with Crippen molar-refractivity contribution in [1.29, 1.82) is 0 Å². The summed E-state index contributed by atoms with van der Waals surface area (Å²) in [7, 11) is -3.63. The standard InChI is InChI=1S/C21H28N2O4S/c1-15-9-8-11-19(13-15)23(28(5,25)26)18(4)21(24)22-17(3)14-27-20-12-7-6-10-16(20)2/h6-13,17-18H,14H2,1-5H3,(H,22,24)/t17-,18+/m0/s1. The minimum absolute atomic E-state index is 0.284. The number of carbonyl (C=O) groups excluding carboxylic acids is 1. The van der Waals surface area contributed by atoms with Gasteiger partial charge in [-0.2, -0.15) is 0 Å². The van der Waals surface area contributed by atoms with E-state index in [9.17, 15) is 13.2 Å². The smallest absolute Gasteiger partial charge is 0.243 e. The Morgan fingerprint density at radius 3 is 2.39 bits per heavy atom. The molecule has 2 aromatic carbocycles. The van der Waals surface area contributed by atoms with Crippen LogP contribution in [-0.2, 0) is 14.8 Å². The molecule has 2 atom stereocenters. The highest BCUT2D eigenvalue weighted by Crippen LogP contribution is 2.22. The Morgan fingerprint density at radius 2 is 1.79 bits per heavy atom. The van der Waals surface area contributed by atoms with E-state index < -0.39 is 16.1 Å². The number of hydrogen-bond donors (Lipinski definition) is 1. The van der Waals surface area contributed by atoms with Crippen LogP contribution in [0.1, 0.15) is 25.0 Å². The minimum atomic E-state index is -3.63. The summed E-state index contributed by atoms with van der Waals surface area (Å²) in [4.78, 5) is 12.7. The lowest BCUT2D eigenvalue weighted by Gasteiger charge is -2.29. The number of aryl methyl sites for hydroxylation is 2. The zero-order valence-electron chi connectivity index (χ0n) is 17.0. The van der Waals surface area contributed by atoms with Crippen LogP contribution in [0.15, 0.2) is 48.5 Å². The van der Waals surface area contributed by atoms with Crippen LogP contribution >= 0.6 is 0 Å². The molecule has 0 aliphatic carbocycles. The molecular formula is C21H28N2O4S. The lowest BCUT2D eigenvalue weighted by atomic mass is 10.2. The number of carbonyl (C=O) groups is 1. The molecule has 0 aromatic heterocycles. The summed E-state index contributed by atoms with van der Waals surface area (Å²) in [6.07, 6.45) is 1.10. The summed E-state index contributed by atoms with van der Waals surface area (Å²) < 4.78 is 31.6. The first-order valence-electron chi connectivity index (χ1n) is 9.14. The van der Waals surface area contributed by atoms with Crippen molar-refractivity contribution in [2.24, 2.45) is 0 Å². The molecule has 0 fully saturated rings. The lowest BCUT2D eigenvalue weighted by molar-refractivity contribution is -0.122. The molecule has 28 heavy (non-hydrogen) atoms. The van der Waals surface area contributed by atoms with Crippen molar-refractivity contribution in [3.05, 3.63) is 59.7 Å². The number of ether oxygens (including phenoxy) is 1. The van der Waals surface area contributed by atoms with E-state index in [0.717, 1.165) is 27.4 Å². The van der Waals surface area contributed by atoms with Crippen molar-refractivity contribution in [1.82, 2.24) is 5.32 Å². The molecule has 2 aromatic rings. The van der Waals surface area contributed by atoms with Crippen molar-refractivity contribution in [2.45, 2.75) is 39.8 Å². The molecular weight excluding hydrogens is 376 g/mol. The second-order valence-corrected chi connectivity index (χ2v) is 8.92. The monoisotopic (exact) mass is 404 g/mol. The minimum Gasteiger partial charge on any atom is -0.491 e. The van der Waals surface area contributed by atoms with Crippen LogP contribution in [0, 0.1) is 13.8 Å². The molecule has 0 radical (unpaired) electrons. The summed E-state index contributed by atoms with van der Waals surface area (Å²) in [6, 6.07) is 13.5. The summed E-state index contributed by atoms with van der Waals surface area (Å²) in [5.41, 5.74) is 2.39. The Kier molecular flexibility index (Phi) is 7.07. The molecule has 1 N–H and O–H groups in total. The molecule has 0 saturated carbocycles. The lowest BCUT2D eigenvalue weighted by Crippen LogP contribution is -2.50. The zero-order valence-corrected chi connectivity index (χ0v) is 17.8. The van der Waals surface area contributed by atoms with E-state index in [4.69, 9.17) is 4.74 Å². The zero-order chi connectivity index (χ0) is 20.9. The van der Waals surface area contributed by atoms with E-state index in [2.05, 4.69) is 5.32 Å². The number of nitrogens with zero attached hydrogens (tertiary/aromatic N) is 1. The molecule has 0 heterocycles. The van der Waals surface area contributed by atoms with Crippen molar-refractivity contribution in [3.63, 3.8) is 0 Å². The van der Waals surface area contributed by atoms with Gasteiger partial charge in [-0.1, -0.05) is 30.3 Å². The van der Waals surface area contributed by atoms with Crippen LogP contribution in [-0.4, -0.2) is 39.3 Å². The Labute approximate surface area is 167 Å². The number of amides is 1. The fourth-order valence-electron chi connectivity index (χ4n) is 2.91. The van der Waals surface area contributed by atoms with Gasteiger partial charge in [0, 0.05) is 0 Å². The molecule has 1 amide bonds. The van der Waals surface area contributed by atoms with Gasteiger partial charge in [0.15, 0.2) is 0 Å². The van der Waals surface area contributed by atoms with Gasteiger partial charge < -0.3 is 10.1 Å². The summed E-state index contributed by atoms with van der Waals surface area (Å²) in [5.74, 6) is 0.377. The van der Waals surface area contributed by atoms with Gasteiger partial charge in [-0.25, -0.2) is 8.42 Å². The quantitative estimate of drug-likeness (QED) is 0.734. The van der Waals surface area contributed by atoms with Crippen molar-refractivity contribution in [2.75, 3.05) is 17.2 Å². The second-order valence-electron chi connectivity index (χ2n) is 7.06. The molecule has 152 valence electrons. The van der Waals surface area contributed by atoms with Crippen LogP contribution in [0.4, 0.5) is 5.69 Å². The maximum Gasteiger partial charge on any atom is 0.243 e. The molecule has 0 aliphatic rings. The number of para-hydroxylation sites is 1. The highest BCUT2D eigenvalue weighted by molar-refractivity contribution is 7.92. The molecule has 2 rings (SSSR count). The van der Waals surface area contributed by atoms with Gasteiger partial charge in [0.1, 0.15) is 18.4 Å². The van der Waals surface area contributed by atoms with Crippen molar-refractivity contribution in [3.8, 4) is 5.75 Å². The molecule has 6 nitrogen and oxygen atoms in total. The van der Waals surface area contributed by atoms with E-state index in [1.807, 2.05) is 51.1 Å². The van der Waals surface area contributed by atoms with E-state index in [1.165, 1.54) is 0 Å². The van der Waals surface area contributed by atoms with Gasteiger partial charge in [-0.05, 0) is 57.0 Å². The van der Waals surface area contributed by atoms with E-state index in [-0.39, 0.29) is 18.6 Å². The molecule has 0 aliphatic heterocycles.